The molecule has 0 radical (unpaired) electrons. The van der Waals surface area contributed by atoms with Gasteiger partial charge in [0.1, 0.15) is 0 Å². The Labute approximate surface area is 86.7 Å². The molecule has 2 rings (SSSR count). The summed E-state index contributed by atoms with van der Waals surface area (Å²) >= 11 is 0. The van der Waals surface area contributed by atoms with Gasteiger partial charge in [0.25, 0.3) is 0 Å². The van der Waals surface area contributed by atoms with Crippen molar-refractivity contribution >= 4 is 5.69 Å². The van der Waals surface area contributed by atoms with Gasteiger partial charge in [-0.05, 0) is 25.0 Å². The van der Waals surface area contributed by atoms with Gasteiger partial charge in [-0.15, -0.1) is 0 Å². The van der Waals surface area contributed by atoms with Crippen molar-refractivity contribution in [2.45, 2.75) is 32.6 Å². The van der Waals surface area contributed by atoms with Crippen LogP contribution in [-0.4, -0.2) is 13.1 Å². The SMILES string of the molecule is CCCC1CN(CC)c2ccccc21. The molecule has 0 aliphatic carbocycles. The largest absolute Gasteiger partial charge is 0.371 e. The third-order valence-electron chi connectivity index (χ3n) is 3.18. The topological polar surface area (TPSA) is 3.24 Å². The number of hydrogen-bond acceptors (Lipinski definition) is 1. The Hall–Kier alpha value is -0.980. The van der Waals surface area contributed by atoms with Crippen molar-refractivity contribution in [3.8, 4) is 0 Å². The van der Waals surface area contributed by atoms with Gasteiger partial charge in [0, 0.05) is 24.7 Å². The molecule has 0 saturated carbocycles. The van der Waals surface area contributed by atoms with Crippen molar-refractivity contribution in [2.24, 2.45) is 0 Å². The first-order valence-electron chi connectivity index (χ1n) is 5.70. The van der Waals surface area contributed by atoms with Crippen molar-refractivity contribution in [2.75, 3.05) is 18.0 Å². The summed E-state index contributed by atoms with van der Waals surface area (Å²) < 4.78 is 0. The van der Waals surface area contributed by atoms with Gasteiger partial charge in [0.15, 0.2) is 0 Å². The van der Waals surface area contributed by atoms with E-state index in [0.717, 1.165) is 12.5 Å². The van der Waals surface area contributed by atoms with Gasteiger partial charge in [-0.25, -0.2) is 0 Å². The van der Waals surface area contributed by atoms with Crippen molar-refractivity contribution in [3.63, 3.8) is 0 Å². The molecular weight excluding hydrogens is 170 g/mol. The summed E-state index contributed by atoms with van der Waals surface area (Å²) in [5.41, 5.74) is 3.03. The zero-order chi connectivity index (χ0) is 9.97. The molecule has 0 spiro atoms. The number of para-hydroxylation sites is 1. The first-order chi connectivity index (χ1) is 6.86. The molecule has 76 valence electrons. The minimum absolute atomic E-state index is 0.774. The van der Waals surface area contributed by atoms with E-state index in [1.807, 2.05) is 0 Å². The standard InChI is InChI=1S/C13H19N/c1-3-7-11-10-14(4-2)13-9-6-5-8-12(11)13/h5-6,8-9,11H,3-4,7,10H2,1-2H3. The van der Waals surface area contributed by atoms with Gasteiger partial charge >= 0.3 is 0 Å². The predicted molar refractivity (Wildman–Crippen MR) is 62.0 cm³/mol. The molecular formula is C13H19N. The summed E-state index contributed by atoms with van der Waals surface area (Å²) in [5.74, 6) is 0.774. The van der Waals surface area contributed by atoms with E-state index in [1.54, 1.807) is 5.56 Å². The Balaban J connectivity index is 2.29. The van der Waals surface area contributed by atoms with Gasteiger partial charge in [-0.3, -0.25) is 0 Å². The highest BCUT2D eigenvalue weighted by atomic mass is 15.1. The van der Waals surface area contributed by atoms with Crippen LogP contribution in [0.2, 0.25) is 0 Å². The van der Waals surface area contributed by atoms with Crippen LogP contribution in [-0.2, 0) is 0 Å². The van der Waals surface area contributed by atoms with E-state index in [-0.39, 0.29) is 0 Å². The monoisotopic (exact) mass is 189 g/mol. The second-order valence-corrected chi connectivity index (χ2v) is 4.08. The normalized spacial score (nSPS) is 19.9. The van der Waals surface area contributed by atoms with Crippen molar-refractivity contribution in [1.29, 1.82) is 0 Å². The van der Waals surface area contributed by atoms with Gasteiger partial charge in [-0.2, -0.15) is 0 Å². The Kier molecular flexibility index (Phi) is 2.76. The summed E-state index contributed by atoms with van der Waals surface area (Å²) in [6.45, 7) is 6.88. The van der Waals surface area contributed by atoms with Crippen LogP contribution >= 0.6 is 0 Å². The van der Waals surface area contributed by atoms with Crippen molar-refractivity contribution < 1.29 is 0 Å². The van der Waals surface area contributed by atoms with Crippen LogP contribution in [0.5, 0.6) is 0 Å². The summed E-state index contributed by atoms with van der Waals surface area (Å²) in [4.78, 5) is 2.50. The molecule has 1 nitrogen and oxygen atoms in total. The van der Waals surface area contributed by atoms with E-state index in [0.29, 0.717) is 0 Å². The number of hydrogen-bond donors (Lipinski definition) is 0. The Morgan fingerprint density at radius 1 is 1.29 bits per heavy atom. The molecule has 1 aliphatic rings. The van der Waals surface area contributed by atoms with Gasteiger partial charge in [-0.1, -0.05) is 31.5 Å². The predicted octanol–water partition coefficient (Wildman–Crippen LogP) is 3.41. The van der Waals surface area contributed by atoms with Crippen molar-refractivity contribution in [1.82, 2.24) is 0 Å². The average Bonchev–Trinajstić information content (AvgIpc) is 2.58. The molecule has 1 heteroatoms. The van der Waals surface area contributed by atoms with Crippen molar-refractivity contribution in [3.05, 3.63) is 29.8 Å². The quantitative estimate of drug-likeness (QED) is 0.704. The molecule has 0 amide bonds. The average molecular weight is 189 g/mol. The minimum atomic E-state index is 0.774. The van der Waals surface area contributed by atoms with Gasteiger partial charge in [0.2, 0.25) is 0 Å². The summed E-state index contributed by atoms with van der Waals surface area (Å²) in [5, 5.41) is 0. The van der Waals surface area contributed by atoms with E-state index < -0.39 is 0 Å². The molecule has 0 fully saturated rings. The number of benzene rings is 1. The smallest absolute Gasteiger partial charge is 0.0402 e. The van der Waals surface area contributed by atoms with Gasteiger partial charge in [0.05, 0.1) is 0 Å². The summed E-state index contributed by atoms with van der Waals surface area (Å²) in [7, 11) is 0. The highest BCUT2D eigenvalue weighted by Gasteiger charge is 2.25. The van der Waals surface area contributed by atoms with E-state index >= 15 is 0 Å². The van der Waals surface area contributed by atoms with Crippen LogP contribution in [0.3, 0.4) is 0 Å². The fraction of sp³-hybridized carbons (Fsp3) is 0.538. The maximum atomic E-state index is 2.50. The Morgan fingerprint density at radius 3 is 2.79 bits per heavy atom. The second kappa shape index (κ2) is 4.04. The van der Waals surface area contributed by atoms with Crippen LogP contribution in [0, 0.1) is 0 Å². The number of likely N-dealkylation sites (N-methyl/N-ethyl adjacent to an activating group) is 1. The lowest BCUT2D eigenvalue weighted by molar-refractivity contribution is 0.631. The first kappa shape index (κ1) is 9.57. The second-order valence-electron chi connectivity index (χ2n) is 4.08. The highest BCUT2D eigenvalue weighted by molar-refractivity contribution is 5.59. The lowest BCUT2D eigenvalue weighted by atomic mass is 9.97. The first-order valence-corrected chi connectivity index (χ1v) is 5.70. The lowest BCUT2D eigenvalue weighted by Gasteiger charge is -2.16. The Morgan fingerprint density at radius 2 is 2.07 bits per heavy atom. The van der Waals surface area contributed by atoms with E-state index in [9.17, 15) is 0 Å². The zero-order valence-electron chi connectivity index (χ0n) is 9.16. The number of rotatable bonds is 3. The maximum Gasteiger partial charge on any atom is 0.0402 e. The molecule has 0 aromatic heterocycles. The third kappa shape index (κ3) is 1.52. The molecule has 1 atom stereocenters. The van der Waals surface area contributed by atoms with Crippen LogP contribution < -0.4 is 4.90 Å². The Bertz CT molecular complexity index is 306. The van der Waals surface area contributed by atoms with Crippen LogP contribution in [0.4, 0.5) is 5.69 Å². The van der Waals surface area contributed by atoms with E-state index in [1.165, 1.54) is 25.1 Å². The molecule has 0 saturated heterocycles. The maximum absolute atomic E-state index is 2.50. The molecule has 1 heterocycles. The lowest BCUT2D eigenvalue weighted by Crippen LogP contribution is -2.20. The molecule has 1 unspecified atom stereocenters. The van der Waals surface area contributed by atoms with Crippen LogP contribution in [0.25, 0.3) is 0 Å². The zero-order valence-corrected chi connectivity index (χ0v) is 9.16. The molecule has 0 N–H and O–H groups in total. The van der Waals surface area contributed by atoms with Crippen LogP contribution in [0.15, 0.2) is 24.3 Å². The molecule has 1 aromatic rings. The minimum Gasteiger partial charge on any atom is -0.371 e. The van der Waals surface area contributed by atoms with Gasteiger partial charge < -0.3 is 4.90 Å². The number of fused-ring (bicyclic) bond motifs is 1. The molecule has 14 heavy (non-hydrogen) atoms. The number of anilines is 1. The highest BCUT2D eigenvalue weighted by Crippen LogP contribution is 2.37. The van der Waals surface area contributed by atoms with E-state index in [2.05, 4.69) is 43.0 Å². The van der Waals surface area contributed by atoms with E-state index in [4.69, 9.17) is 0 Å². The summed E-state index contributed by atoms with van der Waals surface area (Å²) in [6, 6.07) is 8.87. The third-order valence-corrected chi connectivity index (χ3v) is 3.18. The molecule has 1 aromatic carbocycles. The number of nitrogens with zero attached hydrogens (tertiary/aromatic N) is 1. The molecule has 0 bridgehead atoms. The molecule has 1 aliphatic heterocycles. The van der Waals surface area contributed by atoms with Crippen LogP contribution in [0.1, 0.15) is 38.2 Å². The fourth-order valence-electron chi connectivity index (χ4n) is 2.48. The summed E-state index contributed by atoms with van der Waals surface area (Å²) in [6.07, 6.45) is 2.62. The fourth-order valence-corrected chi connectivity index (χ4v) is 2.48.